The molecule has 1 radical (unpaired) electrons. The highest BCUT2D eigenvalue weighted by Crippen LogP contribution is 2.32. The van der Waals surface area contributed by atoms with E-state index in [0.717, 1.165) is 19.0 Å². The maximum Gasteiger partial charge on any atom is 0.339 e. The Morgan fingerprint density at radius 2 is 2.36 bits per heavy atom. The van der Waals surface area contributed by atoms with Crippen LogP contribution in [0.4, 0.5) is 4.79 Å². The fourth-order valence-corrected chi connectivity index (χ4v) is 1.41. The summed E-state index contributed by atoms with van der Waals surface area (Å²) in [5.74, 6) is 0.920. The van der Waals surface area contributed by atoms with Gasteiger partial charge in [0.15, 0.2) is 0 Å². The lowest BCUT2D eigenvalue weighted by molar-refractivity contribution is 0.215. The summed E-state index contributed by atoms with van der Waals surface area (Å²) in [6, 6.07) is 0.00523. The van der Waals surface area contributed by atoms with Crippen molar-refractivity contribution in [3.8, 4) is 0 Å². The van der Waals surface area contributed by atoms with Gasteiger partial charge in [0.05, 0.1) is 6.54 Å². The number of carbonyl (C=O) groups is 1. The molecule has 0 aromatic heterocycles. The molecule has 1 saturated heterocycles. The van der Waals surface area contributed by atoms with Gasteiger partial charge in [0, 0.05) is 13.1 Å². The summed E-state index contributed by atoms with van der Waals surface area (Å²) in [4.78, 5) is 12.8. The van der Waals surface area contributed by atoms with E-state index in [1.54, 1.807) is 0 Å². The van der Waals surface area contributed by atoms with Gasteiger partial charge in [0.25, 0.3) is 0 Å². The van der Waals surface area contributed by atoms with Crippen LogP contribution < -0.4 is 5.32 Å². The van der Waals surface area contributed by atoms with Crippen LogP contribution in [0.3, 0.4) is 0 Å². The molecule has 3 heteroatoms. The first-order valence-corrected chi connectivity index (χ1v) is 4.32. The predicted molar refractivity (Wildman–Crippen MR) is 41.3 cm³/mol. The molecule has 61 valence electrons. The average Bonchev–Trinajstić information content (AvgIpc) is 2.73. The third kappa shape index (κ3) is 1.64. The molecule has 2 aliphatic rings. The molecular weight excluding hydrogens is 140 g/mol. The van der Waals surface area contributed by atoms with E-state index in [0.29, 0.717) is 6.54 Å². The average molecular weight is 153 g/mol. The zero-order valence-electron chi connectivity index (χ0n) is 6.62. The molecule has 2 fully saturated rings. The van der Waals surface area contributed by atoms with E-state index >= 15 is 0 Å². The second-order valence-corrected chi connectivity index (χ2v) is 3.38. The molecule has 3 nitrogen and oxygen atoms in total. The second-order valence-electron chi connectivity index (χ2n) is 3.38. The van der Waals surface area contributed by atoms with Crippen LogP contribution in [0.5, 0.6) is 0 Å². The molecule has 11 heavy (non-hydrogen) atoms. The highest BCUT2D eigenvalue weighted by atomic mass is 16.2. The Labute approximate surface area is 66.8 Å². The van der Waals surface area contributed by atoms with Crippen molar-refractivity contribution in [2.24, 2.45) is 5.92 Å². The highest BCUT2D eigenvalue weighted by Gasteiger charge is 2.25. The lowest BCUT2D eigenvalue weighted by atomic mass is 10.3. The molecule has 1 saturated carbocycles. The molecular formula is C8H13N2O. The van der Waals surface area contributed by atoms with Crippen LogP contribution in [0, 0.1) is 5.92 Å². The van der Waals surface area contributed by atoms with Crippen LogP contribution >= 0.6 is 0 Å². The van der Waals surface area contributed by atoms with Crippen LogP contribution in [0.15, 0.2) is 0 Å². The Bertz CT molecular complexity index is 165. The minimum Gasteiger partial charge on any atom is -0.321 e. The van der Waals surface area contributed by atoms with Crippen molar-refractivity contribution < 1.29 is 4.79 Å². The molecule has 0 unspecified atom stereocenters. The molecule has 0 aromatic rings. The quantitative estimate of drug-likeness (QED) is 0.591. The van der Waals surface area contributed by atoms with Gasteiger partial charge in [0.2, 0.25) is 0 Å². The monoisotopic (exact) mass is 153 g/mol. The molecule has 0 bridgehead atoms. The van der Waals surface area contributed by atoms with Crippen LogP contribution in [-0.2, 0) is 0 Å². The smallest absolute Gasteiger partial charge is 0.321 e. The number of amides is 2. The van der Waals surface area contributed by atoms with Crippen LogP contribution in [-0.4, -0.2) is 30.6 Å². The van der Waals surface area contributed by atoms with E-state index < -0.39 is 0 Å². The number of hydrogen-bond acceptors (Lipinski definition) is 1. The Hall–Kier alpha value is -0.730. The summed E-state index contributed by atoms with van der Waals surface area (Å²) in [5.41, 5.74) is 0. The Balaban J connectivity index is 1.71. The molecule has 2 amide bonds. The summed E-state index contributed by atoms with van der Waals surface area (Å²) in [6.07, 6.45) is 3.94. The lowest BCUT2D eigenvalue weighted by Gasteiger charge is -2.11. The topological polar surface area (TPSA) is 34.4 Å². The fraction of sp³-hybridized carbons (Fsp3) is 0.875. The maximum absolute atomic E-state index is 11.0. The van der Waals surface area contributed by atoms with Gasteiger partial charge in [-0.1, -0.05) is 12.8 Å². The number of rotatable bonds is 3. The van der Waals surface area contributed by atoms with Crippen molar-refractivity contribution in [2.45, 2.75) is 19.3 Å². The zero-order chi connectivity index (χ0) is 7.68. The van der Waals surface area contributed by atoms with Crippen molar-refractivity contribution in [2.75, 3.05) is 19.6 Å². The number of hydrogen-bond donors (Lipinski definition) is 0. The number of nitrogens with zero attached hydrogens (tertiary/aromatic N) is 2. The zero-order valence-corrected chi connectivity index (χ0v) is 6.62. The summed E-state index contributed by atoms with van der Waals surface area (Å²) < 4.78 is 0. The van der Waals surface area contributed by atoms with E-state index in [9.17, 15) is 4.79 Å². The molecule has 1 aliphatic heterocycles. The Morgan fingerprint density at radius 3 is 2.91 bits per heavy atom. The normalized spacial score (nSPS) is 24.0. The summed E-state index contributed by atoms with van der Waals surface area (Å²) in [5, 5.41) is 3.80. The van der Waals surface area contributed by atoms with Crippen molar-refractivity contribution in [1.82, 2.24) is 10.2 Å². The van der Waals surface area contributed by atoms with Gasteiger partial charge in [-0.3, -0.25) is 0 Å². The van der Waals surface area contributed by atoms with E-state index in [1.165, 1.54) is 19.3 Å². The first kappa shape index (κ1) is 6.95. The van der Waals surface area contributed by atoms with E-state index in [-0.39, 0.29) is 6.03 Å². The SMILES string of the molecule is O=C1[N]CCN1CCC1CC1. The Kier molecular flexibility index (Phi) is 1.72. The first-order chi connectivity index (χ1) is 5.36. The molecule has 1 heterocycles. The Morgan fingerprint density at radius 1 is 1.55 bits per heavy atom. The highest BCUT2D eigenvalue weighted by molar-refractivity contribution is 5.75. The van der Waals surface area contributed by atoms with E-state index in [4.69, 9.17) is 0 Å². The standard InChI is InChI=1S/C8H13N2O/c11-8-9-4-6-10(8)5-3-7-1-2-7/h7H,1-6H2. The van der Waals surface area contributed by atoms with Gasteiger partial charge in [-0.25, -0.2) is 10.1 Å². The van der Waals surface area contributed by atoms with Crippen LogP contribution in [0.2, 0.25) is 0 Å². The largest absolute Gasteiger partial charge is 0.339 e. The third-order valence-electron chi connectivity index (χ3n) is 2.39. The molecule has 2 rings (SSSR count). The second kappa shape index (κ2) is 2.72. The molecule has 0 N–H and O–H groups in total. The first-order valence-electron chi connectivity index (χ1n) is 4.32. The van der Waals surface area contributed by atoms with Gasteiger partial charge in [-0.15, -0.1) is 0 Å². The van der Waals surface area contributed by atoms with E-state index in [1.807, 2.05) is 4.90 Å². The molecule has 0 aromatic carbocycles. The molecule has 1 aliphatic carbocycles. The minimum absolute atomic E-state index is 0.00523. The van der Waals surface area contributed by atoms with Gasteiger partial charge in [-0.05, 0) is 12.3 Å². The van der Waals surface area contributed by atoms with Crippen LogP contribution in [0.1, 0.15) is 19.3 Å². The third-order valence-corrected chi connectivity index (χ3v) is 2.39. The van der Waals surface area contributed by atoms with Crippen LogP contribution in [0.25, 0.3) is 0 Å². The molecule has 0 atom stereocenters. The summed E-state index contributed by atoms with van der Waals surface area (Å²) >= 11 is 0. The van der Waals surface area contributed by atoms with Gasteiger partial charge >= 0.3 is 6.03 Å². The van der Waals surface area contributed by atoms with Gasteiger partial charge in [-0.2, -0.15) is 0 Å². The van der Waals surface area contributed by atoms with Gasteiger partial charge in [0.1, 0.15) is 0 Å². The van der Waals surface area contributed by atoms with Crippen molar-refractivity contribution in [1.29, 1.82) is 0 Å². The van der Waals surface area contributed by atoms with Gasteiger partial charge < -0.3 is 4.90 Å². The predicted octanol–water partition coefficient (Wildman–Crippen LogP) is 0.826. The summed E-state index contributed by atoms with van der Waals surface area (Å²) in [6.45, 7) is 2.50. The number of carbonyl (C=O) groups excluding carboxylic acids is 1. The number of urea groups is 1. The van der Waals surface area contributed by atoms with Crippen molar-refractivity contribution in [3.05, 3.63) is 0 Å². The fourth-order valence-electron chi connectivity index (χ4n) is 1.41. The van der Waals surface area contributed by atoms with Crippen molar-refractivity contribution in [3.63, 3.8) is 0 Å². The van der Waals surface area contributed by atoms with E-state index in [2.05, 4.69) is 5.32 Å². The minimum atomic E-state index is 0.00523. The maximum atomic E-state index is 11.0. The van der Waals surface area contributed by atoms with Crippen molar-refractivity contribution >= 4 is 6.03 Å². The molecule has 0 spiro atoms. The lowest BCUT2D eigenvalue weighted by Crippen LogP contribution is -2.27. The summed E-state index contributed by atoms with van der Waals surface area (Å²) in [7, 11) is 0.